The number of sulfonamides is 1. The third kappa shape index (κ3) is 21.3. The van der Waals surface area contributed by atoms with Crippen molar-refractivity contribution in [3.05, 3.63) is 0 Å². The molecule has 0 aromatic rings. The van der Waals surface area contributed by atoms with Crippen molar-refractivity contribution in [2.24, 2.45) is 5.73 Å². The number of rotatable bonds is 19. The van der Waals surface area contributed by atoms with Gasteiger partial charge in [0.1, 0.15) is 0 Å². The van der Waals surface area contributed by atoms with Crippen LogP contribution in [-0.2, 0) is 14.8 Å². The maximum Gasteiger partial charge on any atom is 0.219 e. The molecule has 8 nitrogen and oxygen atoms in total. The van der Waals surface area contributed by atoms with Crippen LogP contribution in [0.5, 0.6) is 0 Å². The second-order valence-corrected chi connectivity index (χ2v) is 8.36. The molecule has 0 rings (SSSR count). The van der Waals surface area contributed by atoms with Crippen LogP contribution in [0.15, 0.2) is 0 Å². The Morgan fingerprint density at radius 1 is 0.769 bits per heavy atom. The Kier molecular flexibility index (Phi) is 17.2. The molecule has 0 spiro atoms. The van der Waals surface area contributed by atoms with E-state index >= 15 is 0 Å². The molecule has 6 N–H and O–H groups in total. The lowest BCUT2D eigenvalue weighted by atomic mass is 10.2. The van der Waals surface area contributed by atoms with Gasteiger partial charge in [-0.05, 0) is 71.2 Å². The highest BCUT2D eigenvalue weighted by atomic mass is 32.2. The van der Waals surface area contributed by atoms with Gasteiger partial charge in [-0.15, -0.1) is 0 Å². The second kappa shape index (κ2) is 17.7. The van der Waals surface area contributed by atoms with Crippen molar-refractivity contribution in [3.63, 3.8) is 0 Å². The van der Waals surface area contributed by atoms with Gasteiger partial charge in [-0.3, -0.25) is 4.79 Å². The van der Waals surface area contributed by atoms with E-state index in [0.717, 1.165) is 83.9 Å². The molecule has 156 valence electrons. The lowest BCUT2D eigenvalue weighted by Gasteiger charge is -2.07. The highest BCUT2D eigenvalue weighted by Gasteiger charge is 2.02. The lowest BCUT2D eigenvalue weighted by molar-refractivity contribution is -0.121. The topological polar surface area (TPSA) is 125 Å². The van der Waals surface area contributed by atoms with Crippen LogP contribution in [0.2, 0.25) is 0 Å². The molecule has 0 aliphatic heterocycles. The Morgan fingerprint density at radius 3 is 1.96 bits per heavy atom. The molecule has 0 aliphatic carbocycles. The fourth-order valence-electron chi connectivity index (χ4n) is 2.35. The molecule has 0 bridgehead atoms. The Balaban J connectivity index is 3.22. The molecular formula is C17H39N5O3S. The van der Waals surface area contributed by atoms with E-state index in [1.54, 1.807) is 0 Å². The van der Waals surface area contributed by atoms with Crippen molar-refractivity contribution in [1.29, 1.82) is 0 Å². The summed E-state index contributed by atoms with van der Waals surface area (Å²) in [6.07, 6.45) is 8.31. The molecule has 26 heavy (non-hydrogen) atoms. The minimum atomic E-state index is -3.10. The molecule has 9 heteroatoms. The summed E-state index contributed by atoms with van der Waals surface area (Å²) in [5.41, 5.74) is 5.43. The number of carbonyl (C=O) groups is 1. The van der Waals surface area contributed by atoms with Crippen molar-refractivity contribution in [2.75, 3.05) is 52.1 Å². The molecule has 0 radical (unpaired) electrons. The van der Waals surface area contributed by atoms with Gasteiger partial charge in [-0.2, -0.15) is 0 Å². The smallest absolute Gasteiger partial charge is 0.219 e. The molecule has 0 aliphatic rings. The number of unbranched alkanes of at least 4 members (excludes halogenated alkanes) is 3. The highest BCUT2D eigenvalue weighted by Crippen LogP contribution is 1.99. The summed E-state index contributed by atoms with van der Waals surface area (Å²) in [5, 5.41) is 9.66. The Labute approximate surface area is 159 Å². The third-order valence-corrected chi connectivity index (χ3v) is 4.54. The standard InChI is InChI=1S/C17H39N5O3S/c1-26(24,25)22-16-4-2-3-9-17(23)21-15-8-14-20-12-6-5-11-19-13-7-10-18/h19-20,22H,2-16,18H2,1H3,(H,21,23). The summed E-state index contributed by atoms with van der Waals surface area (Å²) in [6, 6.07) is 0. The van der Waals surface area contributed by atoms with E-state index in [4.69, 9.17) is 5.73 Å². The van der Waals surface area contributed by atoms with Crippen LogP contribution in [0, 0.1) is 0 Å². The van der Waals surface area contributed by atoms with Crippen LogP contribution in [-0.4, -0.2) is 66.4 Å². The molecule has 1 amide bonds. The van der Waals surface area contributed by atoms with E-state index in [1.165, 1.54) is 0 Å². The van der Waals surface area contributed by atoms with Crippen LogP contribution < -0.4 is 26.4 Å². The molecule has 0 atom stereocenters. The summed E-state index contributed by atoms with van der Waals surface area (Å²) in [5.74, 6) is 0.0737. The van der Waals surface area contributed by atoms with Gasteiger partial charge in [0.2, 0.25) is 15.9 Å². The Hall–Kier alpha value is -0.740. The van der Waals surface area contributed by atoms with Crippen LogP contribution in [0.3, 0.4) is 0 Å². The van der Waals surface area contributed by atoms with Gasteiger partial charge in [0, 0.05) is 19.5 Å². The maximum absolute atomic E-state index is 11.7. The van der Waals surface area contributed by atoms with Crippen LogP contribution in [0.25, 0.3) is 0 Å². The molecule has 0 saturated carbocycles. The minimum Gasteiger partial charge on any atom is -0.356 e. The van der Waals surface area contributed by atoms with Crippen molar-refractivity contribution >= 4 is 15.9 Å². The first kappa shape index (κ1) is 25.3. The number of amides is 1. The lowest BCUT2D eigenvalue weighted by Crippen LogP contribution is -2.27. The molecule has 0 aromatic heterocycles. The number of hydrogen-bond acceptors (Lipinski definition) is 6. The van der Waals surface area contributed by atoms with Crippen molar-refractivity contribution < 1.29 is 13.2 Å². The van der Waals surface area contributed by atoms with Crippen molar-refractivity contribution in [2.45, 2.75) is 51.4 Å². The maximum atomic E-state index is 11.7. The minimum absolute atomic E-state index is 0.0737. The normalized spacial score (nSPS) is 11.6. The van der Waals surface area contributed by atoms with E-state index in [-0.39, 0.29) is 5.91 Å². The number of nitrogens with one attached hydrogen (secondary N) is 4. The second-order valence-electron chi connectivity index (χ2n) is 6.53. The van der Waals surface area contributed by atoms with E-state index in [2.05, 4.69) is 20.7 Å². The van der Waals surface area contributed by atoms with Crippen LogP contribution in [0.4, 0.5) is 0 Å². The third-order valence-electron chi connectivity index (χ3n) is 3.81. The van der Waals surface area contributed by atoms with E-state index in [9.17, 15) is 13.2 Å². The van der Waals surface area contributed by atoms with E-state index < -0.39 is 10.0 Å². The zero-order valence-electron chi connectivity index (χ0n) is 16.3. The van der Waals surface area contributed by atoms with E-state index in [0.29, 0.717) is 19.5 Å². The molecular weight excluding hydrogens is 354 g/mol. The summed E-state index contributed by atoms with van der Waals surface area (Å²) < 4.78 is 24.2. The van der Waals surface area contributed by atoms with Gasteiger partial charge in [-0.1, -0.05) is 6.42 Å². The first-order valence-electron chi connectivity index (χ1n) is 9.78. The molecule has 0 saturated heterocycles. The zero-order valence-corrected chi connectivity index (χ0v) is 17.1. The van der Waals surface area contributed by atoms with Gasteiger partial charge < -0.3 is 21.7 Å². The fourth-order valence-corrected chi connectivity index (χ4v) is 2.87. The van der Waals surface area contributed by atoms with Crippen molar-refractivity contribution in [1.82, 2.24) is 20.7 Å². The monoisotopic (exact) mass is 393 g/mol. The van der Waals surface area contributed by atoms with Gasteiger partial charge in [0.25, 0.3) is 0 Å². The molecule has 0 unspecified atom stereocenters. The SMILES string of the molecule is CS(=O)(=O)NCCCCCC(=O)NCCCNCCCCNCCCN. The van der Waals surface area contributed by atoms with Gasteiger partial charge in [0.15, 0.2) is 0 Å². The van der Waals surface area contributed by atoms with Gasteiger partial charge in [0.05, 0.1) is 6.26 Å². The summed E-state index contributed by atoms with van der Waals surface area (Å²) in [7, 11) is -3.10. The van der Waals surface area contributed by atoms with Gasteiger partial charge in [-0.25, -0.2) is 13.1 Å². The molecule has 0 heterocycles. The van der Waals surface area contributed by atoms with Crippen molar-refractivity contribution in [3.8, 4) is 0 Å². The Morgan fingerprint density at radius 2 is 1.35 bits per heavy atom. The highest BCUT2D eigenvalue weighted by molar-refractivity contribution is 7.88. The predicted molar refractivity (Wildman–Crippen MR) is 108 cm³/mol. The van der Waals surface area contributed by atoms with Crippen LogP contribution in [0.1, 0.15) is 51.4 Å². The van der Waals surface area contributed by atoms with Crippen LogP contribution >= 0.6 is 0 Å². The first-order chi connectivity index (χ1) is 12.5. The number of nitrogens with two attached hydrogens (primary N) is 1. The number of carbonyl (C=O) groups excluding carboxylic acids is 1. The number of hydrogen-bond donors (Lipinski definition) is 5. The predicted octanol–water partition coefficient (Wildman–Crippen LogP) is -0.0895. The largest absolute Gasteiger partial charge is 0.356 e. The van der Waals surface area contributed by atoms with E-state index in [1.807, 2.05) is 0 Å². The Bertz CT molecular complexity index is 432. The average molecular weight is 394 g/mol. The molecule has 0 aromatic carbocycles. The average Bonchev–Trinajstić information content (AvgIpc) is 2.58. The van der Waals surface area contributed by atoms with Gasteiger partial charge >= 0.3 is 0 Å². The summed E-state index contributed by atoms with van der Waals surface area (Å²) in [6.45, 7) is 5.85. The molecule has 0 fully saturated rings. The summed E-state index contributed by atoms with van der Waals surface area (Å²) in [4.78, 5) is 11.7. The zero-order chi connectivity index (χ0) is 19.5. The fraction of sp³-hybridized carbons (Fsp3) is 0.941. The summed E-state index contributed by atoms with van der Waals surface area (Å²) >= 11 is 0. The quantitative estimate of drug-likeness (QED) is 0.195. The first-order valence-corrected chi connectivity index (χ1v) is 11.7.